The molecular formula is C19H36N3O5P. The minimum atomic E-state index is -1.56. The predicted molar refractivity (Wildman–Crippen MR) is 111 cm³/mol. The Kier molecular flexibility index (Phi) is 16.4. The standard InChI is InChI=1S/C19H36N3O5P/c1-2-3-4-5-6-7-11-14-25-28(27-18-12-9-8-10-13-18)26-17-22-19(20-15-23)21-16-24/h8-10,12-13,19-24H,2-7,11,14-17H2,1H3. The summed E-state index contributed by atoms with van der Waals surface area (Å²) in [6, 6.07) is 9.41. The molecule has 0 fully saturated rings. The fraction of sp³-hybridized carbons (Fsp3) is 0.684. The molecule has 1 atom stereocenters. The summed E-state index contributed by atoms with van der Waals surface area (Å²) in [5.74, 6) is 0.687. The number of hydrogen-bond donors (Lipinski definition) is 5. The van der Waals surface area contributed by atoms with Crippen LogP contribution in [0.15, 0.2) is 30.3 Å². The Bertz CT molecular complexity index is 452. The first-order valence-electron chi connectivity index (χ1n) is 10.0. The van der Waals surface area contributed by atoms with E-state index in [1.54, 1.807) is 0 Å². The molecule has 162 valence electrons. The molecule has 0 saturated carbocycles. The SMILES string of the molecule is CCCCCCCCCOP(OCNC(NCO)NCO)Oc1ccccc1. The van der Waals surface area contributed by atoms with Crippen molar-refractivity contribution in [3.8, 4) is 5.75 Å². The number of benzene rings is 1. The summed E-state index contributed by atoms with van der Waals surface area (Å²) in [6.45, 7) is 2.45. The summed E-state index contributed by atoms with van der Waals surface area (Å²) in [6.07, 6.45) is 8.00. The molecule has 0 aromatic heterocycles. The molecule has 1 aromatic carbocycles. The van der Waals surface area contributed by atoms with Crippen LogP contribution >= 0.6 is 8.60 Å². The van der Waals surface area contributed by atoms with E-state index in [9.17, 15) is 0 Å². The van der Waals surface area contributed by atoms with Gasteiger partial charge in [0.15, 0.2) is 0 Å². The smallest absolute Gasteiger partial charge is 0.398 e. The van der Waals surface area contributed by atoms with Gasteiger partial charge >= 0.3 is 8.60 Å². The molecule has 9 heteroatoms. The van der Waals surface area contributed by atoms with Gasteiger partial charge in [-0.05, 0) is 18.6 Å². The first-order valence-corrected chi connectivity index (χ1v) is 11.1. The topological polar surface area (TPSA) is 104 Å². The van der Waals surface area contributed by atoms with Crippen molar-refractivity contribution in [1.82, 2.24) is 16.0 Å². The van der Waals surface area contributed by atoms with Crippen LogP contribution in [0.25, 0.3) is 0 Å². The van der Waals surface area contributed by atoms with Gasteiger partial charge in [0.1, 0.15) is 18.8 Å². The molecule has 1 unspecified atom stereocenters. The molecule has 0 aliphatic heterocycles. The van der Waals surface area contributed by atoms with E-state index in [1.807, 2.05) is 30.3 Å². The van der Waals surface area contributed by atoms with Crippen LogP contribution in [-0.4, -0.2) is 43.3 Å². The third-order valence-corrected chi connectivity index (χ3v) is 5.01. The number of aliphatic hydroxyl groups is 2. The van der Waals surface area contributed by atoms with Gasteiger partial charge in [0.2, 0.25) is 0 Å². The highest BCUT2D eigenvalue weighted by molar-refractivity contribution is 7.42. The second-order valence-electron chi connectivity index (χ2n) is 6.22. The Hall–Kier alpha value is -0.830. The van der Waals surface area contributed by atoms with E-state index < -0.39 is 14.9 Å². The first kappa shape index (κ1) is 25.2. The van der Waals surface area contributed by atoms with Crippen LogP contribution in [0.5, 0.6) is 5.75 Å². The Morgan fingerprint density at radius 1 is 0.857 bits per heavy atom. The number of hydrogen-bond acceptors (Lipinski definition) is 8. The van der Waals surface area contributed by atoms with Gasteiger partial charge < -0.3 is 19.3 Å². The minimum Gasteiger partial charge on any atom is -0.427 e. The molecule has 0 heterocycles. The van der Waals surface area contributed by atoms with Gasteiger partial charge in [0, 0.05) is 0 Å². The fourth-order valence-electron chi connectivity index (χ4n) is 2.43. The third kappa shape index (κ3) is 13.4. The molecule has 0 radical (unpaired) electrons. The van der Waals surface area contributed by atoms with Crippen molar-refractivity contribution >= 4 is 8.60 Å². The second-order valence-corrected chi connectivity index (χ2v) is 7.36. The molecule has 1 aromatic rings. The Labute approximate surface area is 170 Å². The zero-order valence-electron chi connectivity index (χ0n) is 16.8. The molecule has 0 bridgehead atoms. The van der Waals surface area contributed by atoms with Crippen LogP contribution < -0.4 is 20.5 Å². The molecule has 0 amide bonds. The average molecular weight is 417 g/mol. The van der Waals surface area contributed by atoms with Crippen molar-refractivity contribution in [2.24, 2.45) is 0 Å². The van der Waals surface area contributed by atoms with E-state index in [2.05, 4.69) is 22.9 Å². The van der Waals surface area contributed by atoms with Crippen LogP contribution in [0.2, 0.25) is 0 Å². The Balaban J connectivity index is 2.33. The molecular weight excluding hydrogens is 381 g/mol. The molecule has 0 saturated heterocycles. The maximum absolute atomic E-state index is 8.94. The Morgan fingerprint density at radius 2 is 1.50 bits per heavy atom. The lowest BCUT2D eigenvalue weighted by Crippen LogP contribution is -2.53. The average Bonchev–Trinajstić information content (AvgIpc) is 2.71. The maximum atomic E-state index is 8.94. The Morgan fingerprint density at radius 3 is 2.14 bits per heavy atom. The highest BCUT2D eigenvalue weighted by atomic mass is 31.2. The van der Waals surface area contributed by atoms with E-state index in [0.717, 1.165) is 12.8 Å². The van der Waals surface area contributed by atoms with Gasteiger partial charge in [0.05, 0.1) is 20.1 Å². The number of para-hydroxylation sites is 1. The summed E-state index contributed by atoms with van der Waals surface area (Å²) in [5.41, 5.74) is 0. The molecule has 5 N–H and O–H groups in total. The third-order valence-electron chi connectivity index (χ3n) is 3.92. The van der Waals surface area contributed by atoms with Crippen molar-refractivity contribution < 1.29 is 23.8 Å². The van der Waals surface area contributed by atoms with Gasteiger partial charge in [-0.25, -0.2) is 0 Å². The van der Waals surface area contributed by atoms with Gasteiger partial charge in [-0.3, -0.25) is 20.5 Å². The van der Waals surface area contributed by atoms with Crippen LogP contribution in [0, 0.1) is 0 Å². The predicted octanol–water partition coefficient (Wildman–Crippen LogP) is 2.99. The van der Waals surface area contributed by atoms with Crippen LogP contribution in [0.1, 0.15) is 51.9 Å². The van der Waals surface area contributed by atoms with Gasteiger partial charge in [-0.2, -0.15) is 0 Å². The van der Waals surface area contributed by atoms with Gasteiger partial charge in [-0.1, -0.05) is 63.6 Å². The number of aliphatic hydroxyl groups excluding tert-OH is 2. The second kappa shape index (κ2) is 18.2. The molecule has 0 aliphatic carbocycles. The van der Waals surface area contributed by atoms with Crippen molar-refractivity contribution in [2.75, 3.05) is 26.8 Å². The van der Waals surface area contributed by atoms with E-state index in [0.29, 0.717) is 12.4 Å². The van der Waals surface area contributed by atoms with Crippen LogP contribution in [-0.2, 0) is 9.05 Å². The van der Waals surface area contributed by atoms with Crippen LogP contribution in [0.3, 0.4) is 0 Å². The fourth-order valence-corrected chi connectivity index (χ4v) is 3.36. The number of rotatable bonds is 19. The highest BCUT2D eigenvalue weighted by Gasteiger charge is 2.16. The zero-order chi connectivity index (χ0) is 20.3. The molecule has 28 heavy (non-hydrogen) atoms. The monoisotopic (exact) mass is 417 g/mol. The van der Waals surface area contributed by atoms with E-state index in [-0.39, 0.29) is 20.2 Å². The lowest BCUT2D eigenvalue weighted by Gasteiger charge is -2.21. The van der Waals surface area contributed by atoms with Crippen molar-refractivity contribution in [2.45, 2.75) is 58.2 Å². The van der Waals surface area contributed by atoms with Crippen LogP contribution in [0.4, 0.5) is 0 Å². The highest BCUT2D eigenvalue weighted by Crippen LogP contribution is 2.40. The summed E-state index contributed by atoms with van der Waals surface area (Å²) < 4.78 is 17.3. The number of nitrogens with one attached hydrogen (secondary N) is 3. The first-order chi connectivity index (χ1) is 13.8. The molecule has 1 rings (SSSR count). The summed E-state index contributed by atoms with van der Waals surface area (Å²) >= 11 is 0. The lowest BCUT2D eigenvalue weighted by molar-refractivity contribution is 0.136. The van der Waals surface area contributed by atoms with E-state index in [4.69, 9.17) is 23.8 Å². The maximum Gasteiger partial charge on any atom is 0.398 e. The molecule has 8 nitrogen and oxygen atoms in total. The molecule has 0 aliphatic rings. The zero-order valence-corrected chi connectivity index (χ0v) is 17.7. The van der Waals surface area contributed by atoms with E-state index in [1.165, 1.54) is 32.1 Å². The van der Waals surface area contributed by atoms with Gasteiger partial charge in [0.25, 0.3) is 0 Å². The normalized spacial score (nSPS) is 12.4. The lowest BCUT2D eigenvalue weighted by atomic mass is 10.1. The summed E-state index contributed by atoms with van der Waals surface area (Å²) in [4.78, 5) is 0. The van der Waals surface area contributed by atoms with Crippen molar-refractivity contribution in [3.05, 3.63) is 30.3 Å². The summed E-state index contributed by atoms with van der Waals surface area (Å²) in [7, 11) is -1.56. The quantitative estimate of drug-likeness (QED) is 0.133. The minimum absolute atomic E-state index is 0.125. The summed E-state index contributed by atoms with van der Waals surface area (Å²) in [5, 5.41) is 26.3. The van der Waals surface area contributed by atoms with Gasteiger partial charge in [-0.15, -0.1) is 0 Å². The molecule has 0 spiro atoms. The largest absolute Gasteiger partial charge is 0.427 e. The number of unbranched alkanes of at least 4 members (excludes halogenated alkanes) is 6. The van der Waals surface area contributed by atoms with E-state index >= 15 is 0 Å². The van der Waals surface area contributed by atoms with Crippen molar-refractivity contribution in [3.63, 3.8) is 0 Å². The van der Waals surface area contributed by atoms with Crippen molar-refractivity contribution in [1.29, 1.82) is 0 Å².